The fourth-order valence-corrected chi connectivity index (χ4v) is 3.24. The topological polar surface area (TPSA) is 12.0 Å². The van der Waals surface area contributed by atoms with Gasteiger partial charge >= 0.3 is 0 Å². The van der Waals surface area contributed by atoms with Gasteiger partial charge in [0, 0.05) is 17.5 Å². The zero-order valence-corrected chi connectivity index (χ0v) is 11.6. The van der Waals surface area contributed by atoms with Crippen molar-refractivity contribution in [1.82, 2.24) is 5.32 Å². The average Bonchev–Trinajstić information content (AvgIpc) is 2.48. The molecular formula is C17H18ClN. The molecule has 0 amide bonds. The minimum Gasteiger partial charge on any atom is -0.316 e. The molecule has 0 bridgehead atoms. The lowest BCUT2D eigenvalue weighted by atomic mass is 9.77. The maximum absolute atomic E-state index is 6.14. The van der Waals surface area contributed by atoms with Crippen LogP contribution in [0.4, 0.5) is 0 Å². The summed E-state index contributed by atoms with van der Waals surface area (Å²) in [6, 6.07) is 19.1. The molecule has 0 aliphatic carbocycles. The molecule has 1 heterocycles. The average molecular weight is 272 g/mol. The summed E-state index contributed by atoms with van der Waals surface area (Å²) in [5.41, 5.74) is 2.78. The van der Waals surface area contributed by atoms with Gasteiger partial charge in [-0.3, -0.25) is 0 Å². The molecule has 0 radical (unpaired) electrons. The van der Waals surface area contributed by atoms with Gasteiger partial charge in [0.25, 0.3) is 0 Å². The molecule has 1 nitrogen and oxygen atoms in total. The molecule has 1 aliphatic rings. The largest absolute Gasteiger partial charge is 0.316 e. The normalized spacial score (nSPS) is 23.2. The zero-order chi connectivity index (χ0) is 13.1. The summed E-state index contributed by atoms with van der Waals surface area (Å²) in [7, 11) is 0. The number of piperidine rings is 1. The Hall–Kier alpha value is -1.31. The van der Waals surface area contributed by atoms with Crippen molar-refractivity contribution >= 4 is 11.6 Å². The molecule has 0 aromatic heterocycles. The second-order valence-electron chi connectivity index (χ2n) is 5.17. The van der Waals surface area contributed by atoms with Crippen molar-refractivity contribution in [3.8, 4) is 0 Å². The number of benzene rings is 2. The van der Waals surface area contributed by atoms with Gasteiger partial charge in [-0.05, 0) is 42.1 Å². The van der Waals surface area contributed by atoms with Crippen LogP contribution >= 0.6 is 11.6 Å². The molecule has 0 saturated carbocycles. The van der Waals surface area contributed by atoms with Crippen molar-refractivity contribution in [3.63, 3.8) is 0 Å². The van der Waals surface area contributed by atoms with Gasteiger partial charge in [-0.1, -0.05) is 54.1 Å². The molecular weight excluding hydrogens is 254 g/mol. The fraction of sp³-hybridized carbons (Fsp3) is 0.294. The highest BCUT2D eigenvalue weighted by Gasteiger charge is 2.27. The summed E-state index contributed by atoms with van der Waals surface area (Å²) in [5, 5.41) is 4.34. The summed E-state index contributed by atoms with van der Waals surface area (Å²) >= 11 is 6.14. The van der Waals surface area contributed by atoms with E-state index in [1.54, 1.807) is 0 Å². The lowest BCUT2D eigenvalue weighted by Gasteiger charge is -2.33. The van der Waals surface area contributed by atoms with Gasteiger partial charge in [0.05, 0.1) is 0 Å². The standard InChI is InChI=1S/C17H18ClN/c18-15-8-4-7-14(11-15)17-12-19-10-9-16(17)13-5-2-1-3-6-13/h1-8,11,16-17,19H,9-10,12H2/t16-,17+/m1/s1. The Morgan fingerprint density at radius 3 is 2.47 bits per heavy atom. The number of hydrogen-bond donors (Lipinski definition) is 1. The van der Waals surface area contributed by atoms with E-state index in [4.69, 9.17) is 11.6 Å². The molecule has 2 heteroatoms. The first-order valence-corrected chi connectivity index (χ1v) is 7.23. The molecule has 1 fully saturated rings. The van der Waals surface area contributed by atoms with Crippen LogP contribution in [0.25, 0.3) is 0 Å². The van der Waals surface area contributed by atoms with Crippen molar-refractivity contribution in [2.75, 3.05) is 13.1 Å². The van der Waals surface area contributed by atoms with Crippen molar-refractivity contribution in [2.24, 2.45) is 0 Å². The van der Waals surface area contributed by atoms with E-state index in [1.165, 1.54) is 17.5 Å². The van der Waals surface area contributed by atoms with Crippen molar-refractivity contribution in [2.45, 2.75) is 18.3 Å². The molecule has 2 atom stereocenters. The van der Waals surface area contributed by atoms with Crippen LogP contribution < -0.4 is 5.32 Å². The minimum atomic E-state index is 0.509. The summed E-state index contributed by atoms with van der Waals surface area (Å²) in [4.78, 5) is 0. The fourth-order valence-electron chi connectivity index (χ4n) is 3.05. The maximum Gasteiger partial charge on any atom is 0.0408 e. The number of rotatable bonds is 2. The molecule has 0 spiro atoms. The van der Waals surface area contributed by atoms with Crippen molar-refractivity contribution in [3.05, 3.63) is 70.7 Å². The minimum absolute atomic E-state index is 0.509. The highest BCUT2D eigenvalue weighted by molar-refractivity contribution is 6.30. The van der Waals surface area contributed by atoms with Crippen LogP contribution in [-0.2, 0) is 0 Å². The van der Waals surface area contributed by atoms with Gasteiger partial charge in [-0.15, -0.1) is 0 Å². The van der Waals surface area contributed by atoms with Crippen molar-refractivity contribution < 1.29 is 0 Å². The molecule has 1 saturated heterocycles. The summed E-state index contributed by atoms with van der Waals surface area (Å²) in [6.07, 6.45) is 1.18. The predicted molar refractivity (Wildman–Crippen MR) is 80.9 cm³/mol. The number of hydrogen-bond acceptors (Lipinski definition) is 1. The van der Waals surface area contributed by atoms with E-state index in [1.807, 2.05) is 12.1 Å². The third-order valence-electron chi connectivity index (χ3n) is 3.99. The molecule has 2 aromatic rings. The van der Waals surface area contributed by atoms with Gasteiger partial charge in [-0.2, -0.15) is 0 Å². The van der Waals surface area contributed by atoms with E-state index in [2.05, 4.69) is 47.8 Å². The third kappa shape index (κ3) is 2.83. The Labute approximate surface area is 119 Å². The highest BCUT2D eigenvalue weighted by atomic mass is 35.5. The SMILES string of the molecule is Clc1cccc([C@@H]2CNCC[C@@H]2c2ccccc2)c1. The van der Waals surface area contributed by atoms with Crippen LogP contribution in [0.1, 0.15) is 29.4 Å². The number of halogens is 1. The van der Waals surface area contributed by atoms with Gasteiger partial charge in [0.2, 0.25) is 0 Å². The first-order chi connectivity index (χ1) is 9.34. The Morgan fingerprint density at radius 1 is 0.895 bits per heavy atom. The molecule has 19 heavy (non-hydrogen) atoms. The third-order valence-corrected chi connectivity index (χ3v) is 4.22. The summed E-state index contributed by atoms with van der Waals surface area (Å²) < 4.78 is 0. The van der Waals surface area contributed by atoms with Gasteiger partial charge in [0.1, 0.15) is 0 Å². The van der Waals surface area contributed by atoms with E-state index in [0.717, 1.165) is 18.1 Å². The lowest BCUT2D eigenvalue weighted by molar-refractivity contribution is 0.404. The van der Waals surface area contributed by atoms with Crippen LogP contribution in [0.15, 0.2) is 54.6 Å². The zero-order valence-electron chi connectivity index (χ0n) is 10.9. The summed E-state index contributed by atoms with van der Waals surface area (Å²) in [6.45, 7) is 2.12. The van der Waals surface area contributed by atoms with E-state index in [0.29, 0.717) is 11.8 Å². The van der Waals surface area contributed by atoms with E-state index < -0.39 is 0 Å². The van der Waals surface area contributed by atoms with Gasteiger partial charge in [-0.25, -0.2) is 0 Å². The molecule has 2 aromatic carbocycles. The van der Waals surface area contributed by atoms with Crippen LogP contribution in [-0.4, -0.2) is 13.1 Å². The monoisotopic (exact) mass is 271 g/mol. The first-order valence-electron chi connectivity index (χ1n) is 6.86. The van der Waals surface area contributed by atoms with Crippen LogP contribution in [0.2, 0.25) is 5.02 Å². The molecule has 1 N–H and O–H groups in total. The molecule has 98 valence electrons. The Kier molecular flexibility index (Phi) is 3.86. The number of nitrogens with one attached hydrogen (secondary N) is 1. The maximum atomic E-state index is 6.14. The predicted octanol–water partition coefficient (Wildman–Crippen LogP) is 4.20. The Morgan fingerprint density at radius 2 is 1.68 bits per heavy atom. The van der Waals surface area contributed by atoms with Gasteiger partial charge in [0.15, 0.2) is 0 Å². The van der Waals surface area contributed by atoms with Crippen LogP contribution in [0.3, 0.4) is 0 Å². The quantitative estimate of drug-likeness (QED) is 0.863. The Balaban J connectivity index is 1.93. The summed E-state index contributed by atoms with van der Waals surface area (Å²) in [5.74, 6) is 1.09. The lowest BCUT2D eigenvalue weighted by Crippen LogP contribution is -2.34. The smallest absolute Gasteiger partial charge is 0.0408 e. The second kappa shape index (κ2) is 5.77. The van der Waals surface area contributed by atoms with E-state index in [-0.39, 0.29) is 0 Å². The highest BCUT2D eigenvalue weighted by Crippen LogP contribution is 2.37. The first kappa shape index (κ1) is 12.7. The molecule has 1 aliphatic heterocycles. The van der Waals surface area contributed by atoms with Crippen molar-refractivity contribution in [1.29, 1.82) is 0 Å². The second-order valence-corrected chi connectivity index (χ2v) is 5.61. The molecule has 0 unspecified atom stereocenters. The van der Waals surface area contributed by atoms with Crippen LogP contribution in [0, 0.1) is 0 Å². The van der Waals surface area contributed by atoms with Crippen LogP contribution in [0.5, 0.6) is 0 Å². The van der Waals surface area contributed by atoms with Gasteiger partial charge < -0.3 is 5.32 Å². The molecule has 3 rings (SSSR count). The Bertz CT molecular complexity index is 538. The van der Waals surface area contributed by atoms with E-state index in [9.17, 15) is 0 Å². The van der Waals surface area contributed by atoms with E-state index >= 15 is 0 Å².